The van der Waals surface area contributed by atoms with Crippen molar-refractivity contribution in [3.63, 3.8) is 0 Å². The van der Waals surface area contributed by atoms with Gasteiger partial charge in [-0.05, 0) is 25.5 Å². The van der Waals surface area contributed by atoms with Crippen molar-refractivity contribution >= 4 is 16.6 Å². The Morgan fingerprint density at radius 2 is 1.95 bits per heavy atom. The summed E-state index contributed by atoms with van der Waals surface area (Å²) in [6.07, 6.45) is 3.23. The minimum atomic E-state index is -1.33. The fourth-order valence-electron chi connectivity index (χ4n) is 2.42. The van der Waals surface area contributed by atoms with Gasteiger partial charge in [0.2, 0.25) is 0 Å². The van der Waals surface area contributed by atoms with Crippen LogP contribution in [-0.4, -0.2) is 34.7 Å². The molecule has 0 amide bonds. The molecule has 0 unspecified atom stereocenters. The summed E-state index contributed by atoms with van der Waals surface area (Å²) in [6.45, 7) is 6.63. The lowest BCUT2D eigenvalue weighted by atomic mass is 10.0. The van der Waals surface area contributed by atoms with E-state index < -0.39 is 16.6 Å². The first-order chi connectivity index (χ1) is 10.5. The molecule has 1 aliphatic rings. The van der Waals surface area contributed by atoms with Crippen LogP contribution in [0.2, 0.25) is 0 Å². The predicted molar refractivity (Wildman–Crippen MR) is 86.1 cm³/mol. The molecule has 0 bridgehead atoms. The van der Waals surface area contributed by atoms with Crippen LogP contribution in [0.4, 0.5) is 0 Å². The van der Waals surface area contributed by atoms with Gasteiger partial charge >= 0.3 is 0 Å². The Morgan fingerprint density at radius 3 is 2.55 bits per heavy atom. The van der Waals surface area contributed by atoms with Gasteiger partial charge in [0.15, 0.2) is 11.6 Å². The summed E-state index contributed by atoms with van der Waals surface area (Å²) in [5.74, 6) is -0.973. The Bertz CT molecular complexity index is 544. The van der Waals surface area contributed by atoms with Crippen molar-refractivity contribution in [2.24, 2.45) is 0 Å². The molecule has 5 heteroatoms. The average molecular weight is 322 g/mol. The number of allylic oxidation sites excluding steroid dienone is 1. The molecule has 0 saturated carbocycles. The summed E-state index contributed by atoms with van der Waals surface area (Å²) >= 11 is 0. The summed E-state index contributed by atoms with van der Waals surface area (Å²) in [5, 5.41) is 0. The molecule has 0 aliphatic carbocycles. The Balaban J connectivity index is 1.94. The number of ketones is 1. The second-order valence-electron chi connectivity index (χ2n) is 5.45. The third-order valence-electron chi connectivity index (χ3n) is 3.59. The van der Waals surface area contributed by atoms with Crippen molar-refractivity contribution in [2.75, 3.05) is 19.0 Å². The second kappa shape index (κ2) is 7.81. The molecule has 1 heterocycles. The number of carbonyl (C=O) groups excluding carboxylic acids is 1. The van der Waals surface area contributed by atoms with Crippen LogP contribution in [0.3, 0.4) is 0 Å². The molecule has 0 N–H and O–H groups in total. The number of rotatable bonds is 8. The molecule has 0 spiro atoms. The number of Topliss-reactive ketones (excluding diaryl/α,β-unsaturated/α-hetero) is 1. The zero-order valence-corrected chi connectivity index (χ0v) is 13.7. The third kappa shape index (κ3) is 4.60. The molecule has 1 aromatic rings. The normalized spacial score (nSPS) is 18.0. The second-order valence-corrected chi connectivity index (χ2v) is 6.90. The Hall–Kier alpha value is -1.30. The maximum atomic E-state index is 12.3. The minimum Gasteiger partial charge on any atom is -0.347 e. The molecule has 120 valence electrons. The molecule has 1 atom stereocenters. The Kier molecular flexibility index (Phi) is 6.06. The minimum absolute atomic E-state index is 0.00831. The topological polar surface area (TPSA) is 52.6 Å². The van der Waals surface area contributed by atoms with E-state index in [-0.39, 0.29) is 18.0 Å². The molecule has 0 aromatic heterocycles. The third-order valence-corrected chi connectivity index (χ3v) is 4.97. The SMILES string of the molecule is C=CCCC1(CC(=O)C[S@@](=O)c2ccc(C)cc2)OCCO1. The molecule has 1 aromatic carbocycles. The van der Waals surface area contributed by atoms with E-state index in [2.05, 4.69) is 6.58 Å². The smallest absolute Gasteiger partial charge is 0.175 e. The van der Waals surface area contributed by atoms with Gasteiger partial charge in [0.1, 0.15) is 0 Å². The largest absolute Gasteiger partial charge is 0.347 e. The quantitative estimate of drug-likeness (QED) is 0.691. The number of hydrogen-bond donors (Lipinski definition) is 0. The number of benzene rings is 1. The zero-order chi connectivity index (χ0) is 16.0. The molecule has 22 heavy (non-hydrogen) atoms. The lowest BCUT2D eigenvalue weighted by molar-refractivity contribution is -0.170. The number of aryl methyl sites for hydroxylation is 1. The van der Waals surface area contributed by atoms with E-state index in [1.807, 2.05) is 19.1 Å². The van der Waals surface area contributed by atoms with Crippen molar-refractivity contribution in [1.29, 1.82) is 0 Å². The standard InChI is InChI=1S/C17H22O4S/c1-3-4-9-17(20-10-11-21-17)12-15(18)13-22(19)16-7-5-14(2)6-8-16/h3,5-8H,1,4,9-13H2,2H3/t22-/m1/s1. The van der Waals surface area contributed by atoms with E-state index in [9.17, 15) is 9.00 Å². The molecule has 1 saturated heterocycles. The lowest BCUT2D eigenvalue weighted by Crippen LogP contribution is -2.34. The summed E-state index contributed by atoms with van der Waals surface area (Å²) in [4.78, 5) is 12.9. The summed E-state index contributed by atoms with van der Waals surface area (Å²) in [7, 11) is -1.33. The van der Waals surface area contributed by atoms with Crippen molar-refractivity contribution in [1.82, 2.24) is 0 Å². The van der Waals surface area contributed by atoms with E-state index in [1.54, 1.807) is 18.2 Å². The van der Waals surface area contributed by atoms with Gasteiger partial charge in [-0.25, -0.2) is 0 Å². The van der Waals surface area contributed by atoms with E-state index >= 15 is 0 Å². The van der Waals surface area contributed by atoms with E-state index in [1.165, 1.54) is 0 Å². The fraction of sp³-hybridized carbons (Fsp3) is 0.471. The molecule has 4 nitrogen and oxygen atoms in total. The van der Waals surface area contributed by atoms with Gasteiger partial charge in [0.25, 0.3) is 0 Å². The first-order valence-corrected chi connectivity index (χ1v) is 8.72. The first kappa shape index (κ1) is 17.1. The summed E-state index contributed by atoms with van der Waals surface area (Å²) < 4.78 is 23.5. The highest BCUT2D eigenvalue weighted by molar-refractivity contribution is 7.85. The predicted octanol–water partition coefficient (Wildman–Crippen LogP) is 2.77. The average Bonchev–Trinajstić information content (AvgIpc) is 2.94. The molecule has 2 rings (SSSR count). The molecule has 1 aliphatic heterocycles. The lowest BCUT2D eigenvalue weighted by Gasteiger charge is -2.26. The van der Waals surface area contributed by atoms with E-state index in [0.29, 0.717) is 31.0 Å². The van der Waals surface area contributed by atoms with Gasteiger partial charge in [-0.1, -0.05) is 23.8 Å². The van der Waals surface area contributed by atoms with Crippen LogP contribution in [-0.2, 0) is 25.1 Å². The van der Waals surface area contributed by atoms with Crippen LogP contribution in [0.15, 0.2) is 41.8 Å². The van der Waals surface area contributed by atoms with Gasteiger partial charge < -0.3 is 9.47 Å². The Labute approximate surface area is 134 Å². The first-order valence-electron chi connectivity index (χ1n) is 7.40. The van der Waals surface area contributed by atoms with Gasteiger partial charge in [0.05, 0.1) is 36.2 Å². The van der Waals surface area contributed by atoms with Crippen LogP contribution >= 0.6 is 0 Å². The van der Waals surface area contributed by atoms with Crippen molar-refractivity contribution in [3.8, 4) is 0 Å². The molecular formula is C17H22O4S. The van der Waals surface area contributed by atoms with E-state index in [0.717, 1.165) is 5.56 Å². The highest BCUT2D eigenvalue weighted by atomic mass is 32.2. The Morgan fingerprint density at radius 1 is 1.32 bits per heavy atom. The molecule has 1 fully saturated rings. The highest BCUT2D eigenvalue weighted by Crippen LogP contribution is 2.29. The van der Waals surface area contributed by atoms with Crippen molar-refractivity contribution in [2.45, 2.75) is 36.9 Å². The monoisotopic (exact) mass is 322 g/mol. The van der Waals surface area contributed by atoms with Gasteiger partial charge in [-0.3, -0.25) is 9.00 Å². The maximum absolute atomic E-state index is 12.3. The van der Waals surface area contributed by atoms with Crippen molar-refractivity contribution < 1.29 is 18.5 Å². The highest BCUT2D eigenvalue weighted by Gasteiger charge is 2.38. The summed E-state index contributed by atoms with van der Waals surface area (Å²) in [5.41, 5.74) is 1.10. The van der Waals surface area contributed by atoms with Gasteiger partial charge in [-0.15, -0.1) is 6.58 Å². The van der Waals surface area contributed by atoms with Crippen LogP contribution < -0.4 is 0 Å². The van der Waals surface area contributed by atoms with Crippen LogP contribution in [0.1, 0.15) is 24.8 Å². The molecule has 0 radical (unpaired) electrons. The van der Waals surface area contributed by atoms with Crippen LogP contribution in [0.25, 0.3) is 0 Å². The zero-order valence-electron chi connectivity index (χ0n) is 12.9. The van der Waals surface area contributed by atoms with Crippen LogP contribution in [0, 0.1) is 6.92 Å². The van der Waals surface area contributed by atoms with Gasteiger partial charge in [0, 0.05) is 11.3 Å². The number of carbonyl (C=O) groups is 1. The van der Waals surface area contributed by atoms with Crippen molar-refractivity contribution in [3.05, 3.63) is 42.5 Å². The van der Waals surface area contributed by atoms with E-state index in [4.69, 9.17) is 9.47 Å². The maximum Gasteiger partial charge on any atom is 0.175 e. The fourth-order valence-corrected chi connectivity index (χ4v) is 3.43. The number of hydrogen-bond acceptors (Lipinski definition) is 4. The van der Waals surface area contributed by atoms with Crippen LogP contribution in [0.5, 0.6) is 0 Å². The molecular weight excluding hydrogens is 300 g/mol. The number of ether oxygens (including phenoxy) is 2. The summed E-state index contributed by atoms with van der Waals surface area (Å²) in [6, 6.07) is 7.39. The van der Waals surface area contributed by atoms with Gasteiger partial charge in [-0.2, -0.15) is 0 Å².